The zero-order valence-electron chi connectivity index (χ0n) is 13.9. The largest absolute Gasteiger partial charge is 0.454 e. The van der Waals surface area contributed by atoms with E-state index in [-0.39, 0.29) is 27.9 Å². The predicted octanol–water partition coefficient (Wildman–Crippen LogP) is 6.45. The molecule has 0 aliphatic carbocycles. The number of halogens is 5. The van der Waals surface area contributed by atoms with Crippen molar-refractivity contribution < 1.29 is 22.7 Å². The number of anilines is 1. The first-order chi connectivity index (χ1) is 13.2. The highest BCUT2D eigenvalue weighted by atomic mass is 35.5. The van der Waals surface area contributed by atoms with Crippen LogP contribution >= 0.6 is 23.2 Å². The number of pyridine rings is 1. The van der Waals surface area contributed by atoms with Gasteiger partial charge >= 0.3 is 6.18 Å². The number of nitrogens with zero attached hydrogens (tertiary/aromatic N) is 1. The number of amides is 1. The molecule has 0 aliphatic rings. The van der Waals surface area contributed by atoms with Gasteiger partial charge in [0.25, 0.3) is 5.91 Å². The first kappa shape index (κ1) is 20.0. The van der Waals surface area contributed by atoms with Crippen LogP contribution in [0.25, 0.3) is 0 Å². The molecule has 1 N–H and O–H groups in total. The third-order valence-electron chi connectivity index (χ3n) is 3.58. The third kappa shape index (κ3) is 4.74. The SMILES string of the molecule is O=C(Nc1ccc(Oc2cc(C(F)(F)F)ccc2Cl)cn1)c1ccccc1Cl. The third-order valence-corrected chi connectivity index (χ3v) is 4.22. The summed E-state index contributed by atoms with van der Waals surface area (Å²) in [5.41, 5.74) is -0.606. The molecule has 3 rings (SSSR count). The van der Waals surface area contributed by atoms with Crippen LogP contribution in [0, 0.1) is 0 Å². The summed E-state index contributed by atoms with van der Waals surface area (Å²) in [7, 11) is 0. The van der Waals surface area contributed by atoms with Gasteiger partial charge in [0.05, 0.1) is 27.4 Å². The molecule has 1 aromatic heterocycles. The average molecular weight is 427 g/mol. The number of aromatic nitrogens is 1. The molecular formula is C19H11Cl2F3N2O2. The Bertz CT molecular complexity index is 1010. The smallest absolute Gasteiger partial charge is 0.416 e. The average Bonchev–Trinajstić information content (AvgIpc) is 2.64. The highest BCUT2D eigenvalue weighted by molar-refractivity contribution is 6.34. The molecule has 2 aromatic carbocycles. The number of hydrogen-bond acceptors (Lipinski definition) is 3. The summed E-state index contributed by atoms with van der Waals surface area (Å²) in [6, 6.07) is 12.1. The Kier molecular flexibility index (Phi) is 5.76. The Hall–Kier alpha value is -2.77. The van der Waals surface area contributed by atoms with E-state index in [1.807, 2.05) is 0 Å². The minimum Gasteiger partial charge on any atom is -0.454 e. The molecule has 28 heavy (non-hydrogen) atoms. The highest BCUT2D eigenvalue weighted by Crippen LogP contribution is 2.36. The Morgan fingerprint density at radius 2 is 1.75 bits per heavy atom. The van der Waals surface area contributed by atoms with Crippen LogP contribution in [0.15, 0.2) is 60.8 Å². The lowest BCUT2D eigenvalue weighted by molar-refractivity contribution is -0.137. The molecular weight excluding hydrogens is 416 g/mol. The fraction of sp³-hybridized carbons (Fsp3) is 0.0526. The number of nitrogens with one attached hydrogen (secondary N) is 1. The minimum absolute atomic E-state index is 0.0177. The summed E-state index contributed by atoms with van der Waals surface area (Å²) in [4.78, 5) is 16.2. The predicted molar refractivity (Wildman–Crippen MR) is 100 cm³/mol. The molecule has 0 fully saturated rings. The van der Waals surface area contributed by atoms with Gasteiger partial charge in [-0.1, -0.05) is 35.3 Å². The second-order valence-corrected chi connectivity index (χ2v) is 6.37. The summed E-state index contributed by atoms with van der Waals surface area (Å²) in [6.45, 7) is 0. The normalized spacial score (nSPS) is 11.2. The van der Waals surface area contributed by atoms with Crippen molar-refractivity contribution >= 4 is 34.9 Å². The van der Waals surface area contributed by atoms with Crippen molar-refractivity contribution in [1.29, 1.82) is 0 Å². The quantitative estimate of drug-likeness (QED) is 0.521. The molecule has 0 bridgehead atoms. The van der Waals surface area contributed by atoms with Crippen LogP contribution < -0.4 is 10.1 Å². The number of ether oxygens (including phenoxy) is 1. The second kappa shape index (κ2) is 8.08. The standard InChI is InChI=1S/C19H11Cl2F3N2O2/c20-14-4-2-1-3-13(14)18(27)26-17-8-6-12(10-25-17)28-16-9-11(19(22,23)24)5-7-15(16)21/h1-10H,(H,25,26,27). The molecule has 4 nitrogen and oxygen atoms in total. The zero-order valence-corrected chi connectivity index (χ0v) is 15.4. The Morgan fingerprint density at radius 3 is 2.39 bits per heavy atom. The van der Waals surface area contributed by atoms with Gasteiger partial charge in [-0.15, -0.1) is 0 Å². The van der Waals surface area contributed by atoms with Gasteiger partial charge in [-0.2, -0.15) is 13.2 Å². The number of carbonyl (C=O) groups is 1. The molecule has 1 heterocycles. The maximum atomic E-state index is 12.8. The summed E-state index contributed by atoms with van der Waals surface area (Å²) < 4.78 is 43.8. The first-order valence-electron chi connectivity index (χ1n) is 7.80. The van der Waals surface area contributed by atoms with E-state index < -0.39 is 17.6 Å². The van der Waals surface area contributed by atoms with Crippen LogP contribution in [0.3, 0.4) is 0 Å². The van der Waals surface area contributed by atoms with E-state index in [1.54, 1.807) is 24.3 Å². The maximum Gasteiger partial charge on any atom is 0.416 e. The number of alkyl halides is 3. The van der Waals surface area contributed by atoms with Gasteiger partial charge < -0.3 is 10.1 Å². The van der Waals surface area contributed by atoms with E-state index in [4.69, 9.17) is 27.9 Å². The van der Waals surface area contributed by atoms with Gasteiger partial charge in [-0.05, 0) is 42.5 Å². The van der Waals surface area contributed by atoms with E-state index in [9.17, 15) is 18.0 Å². The van der Waals surface area contributed by atoms with Crippen molar-refractivity contribution in [3.8, 4) is 11.5 Å². The fourth-order valence-electron chi connectivity index (χ4n) is 2.23. The molecule has 0 spiro atoms. The minimum atomic E-state index is -4.52. The van der Waals surface area contributed by atoms with Crippen molar-refractivity contribution in [3.63, 3.8) is 0 Å². The lowest BCUT2D eigenvalue weighted by Gasteiger charge is -2.12. The van der Waals surface area contributed by atoms with E-state index >= 15 is 0 Å². The van der Waals surface area contributed by atoms with Crippen molar-refractivity contribution in [3.05, 3.63) is 82.0 Å². The number of hydrogen-bond donors (Lipinski definition) is 1. The Labute approximate surface area is 167 Å². The number of carbonyl (C=O) groups excluding carboxylic acids is 1. The molecule has 144 valence electrons. The van der Waals surface area contributed by atoms with Crippen molar-refractivity contribution in [2.45, 2.75) is 6.18 Å². The van der Waals surface area contributed by atoms with Gasteiger partial charge in [0.1, 0.15) is 17.3 Å². The van der Waals surface area contributed by atoms with Crippen molar-refractivity contribution in [1.82, 2.24) is 4.98 Å². The van der Waals surface area contributed by atoms with Crippen LogP contribution in [-0.2, 0) is 6.18 Å². The number of benzene rings is 2. The monoisotopic (exact) mass is 426 g/mol. The van der Waals surface area contributed by atoms with Crippen LogP contribution in [0.1, 0.15) is 15.9 Å². The summed E-state index contributed by atoms with van der Waals surface area (Å²) in [6.07, 6.45) is -3.27. The van der Waals surface area contributed by atoms with Crippen molar-refractivity contribution in [2.75, 3.05) is 5.32 Å². The van der Waals surface area contributed by atoms with E-state index in [0.717, 1.165) is 18.2 Å². The van der Waals surface area contributed by atoms with Gasteiger partial charge in [0.15, 0.2) is 0 Å². The molecule has 1 amide bonds. The first-order valence-corrected chi connectivity index (χ1v) is 8.56. The second-order valence-electron chi connectivity index (χ2n) is 5.56. The van der Waals surface area contributed by atoms with Gasteiger partial charge in [-0.25, -0.2) is 4.98 Å². The van der Waals surface area contributed by atoms with Crippen LogP contribution in [0.2, 0.25) is 10.0 Å². The van der Waals surface area contributed by atoms with Gasteiger partial charge in [-0.3, -0.25) is 4.79 Å². The van der Waals surface area contributed by atoms with E-state index in [1.165, 1.54) is 18.3 Å². The van der Waals surface area contributed by atoms with Gasteiger partial charge in [0, 0.05) is 0 Å². The van der Waals surface area contributed by atoms with Crippen LogP contribution in [0.5, 0.6) is 11.5 Å². The molecule has 0 unspecified atom stereocenters. The van der Waals surface area contributed by atoms with Crippen LogP contribution in [-0.4, -0.2) is 10.9 Å². The zero-order chi connectivity index (χ0) is 20.3. The Morgan fingerprint density at radius 1 is 1.00 bits per heavy atom. The van der Waals surface area contributed by atoms with E-state index in [0.29, 0.717) is 5.02 Å². The molecule has 3 aromatic rings. The molecule has 0 radical (unpaired) electrons. The molecule has 9 heteroatoms. The highest BCUT2D eigenvalue weighted by Gasteiger charge is 2.31. The number of rotatable bonds is 4. The topological polar surface area (TPSA) is 51.2 Å². The Balaban J connectivity index is 1.73. The molecule has 0 aliphatic heterocycles. The van der Waals surface area contributed by atoms with E-state index in [2.05, 4.69) is 10.3 Å². The van der Waals surface area contributed by atoms with Crippen LogP contribution in [0.4, 0.5) is 19.0 Å². The summed E-state index contributed by atoms with van der Waals surface area (Å²) in [5.74, 6) is -0.247. The molecule has 0 saturated carbocycles. The van der Waals surface area contributed by atoms with Crippen molar-refractivity contribution in [2.24, 2.45) is 0 Å². The lowest BCUT2D eigenvalue weighted by Crippen LogP contribution is -2.13. The summed E-state index contributed by atoms with van der Waals surface area (Å²) >= 11 is 11.9. The molecule has 0 saturated heterocycles. The fourth-order valence-corrected chi connectivity index (χ4v) is 2.61. The lowest BCUT2D eigenvalue weighted by atomic mass is 10.2. The maximum absolute atomic E-state index is 12.8. The molecule has 0 atom stereocenters. The van der Waals surface area contributed by atoms with Gasteiger partial charge in [0.2, 0.25) is 0 Å². The summed E-state index contributed by atoms with van der Waals surface area (Å²) in [5, 5.41) is 2.87.